The van der Waals surface area contributed by atoms with E-state index in [2.05, 4.69) is 9.97 Å². The van der Waals surface area contributed by atoms with E-state index < -0.39 is 0 Å². The van der Waals surface area contributed by atoms with Crippen molar-refractivity contribution in [1.82, 2.24) is 19.8 Å². The lowest BCUT2D eigenvalue weighted by atomic mass is 9.95. The Morgan fingerprint density at radius 2 is 2.06 bits per heavy atom. The Morgan fingerprint density at radius 1 is 1.23 bits per heavy atom. The fourth-order valence-electron chi connectivity index (χ4n) is 4.34. The third-order valence-electron chi connectivity index (χ3n) is 5.88. The number of amides is 2. The molecule has 8 nitrogen and oxygen atoms in total. The number of hydrogen-bond donors (Lipinski definition) is 1. The molecule has 2 amide bonds. The highest BCUT2D eigenvalue weighted by Crippen LogP contribution is 2.25. The second kappa shape index (κ2) is 7.81. The first kappa shape index (κ1) is 19.7. The van der Waals surface area contributed by atoms with Gasteiger partial charge in [0.2, 0.25) is 5.91 Å². The Balaban J connectivity index is 1.37. The molecule has 0 spiro atoms. The van der Waals surface area contributed by atoms with E-state index in [-0.39, 0.29) is 22.9 Å². The van der Waals surface area contributed by atoms with Crippen molar-refractivity contribution in [1.29, 1.82) is 0 Å². The van der Waals surface area contributed by atoms with Gasteiger partial charge in [-0.3, -0.25) is 14.4 Å². The van der Waals surface area contributed by atoms with Crippen molar-refractivity contribution in [3.05, 3.63) is 73.0 Å². The molecule has 160 valence electrons. The van der Waals surface area contributed by atoms with Crippen LogP contribution in [0.15, 0.2) is 32.9 Å². The molecule has 5 rings (SSSR count). The van der Waals surface area contributed by atoms with Gasteiger partial charge in [-0.1, -0.05) is 6.07 Å². The molecule has 0 radical (unpaired) electrons. The van der Waals surface area contributed by atoms with Gasteiger partial charge in [-0.2, -0.15) is 0 Å². The van der Waals surface area contributed by atoms with Crippen LogP contribution in [-0.4, -0.2) is 44.7 Å². The highest BCUT2D eigenvalue weighted by atomic mass is 32.1. The highest BCUT2D eigenvalue weighted by Gasteiger charge is 2.31. The van der Waals surface area contributed by atoms with Crippen molar-refractivity contribution < 1.29 is 14.0 Å². The van der Waals surface area contributed by atoms with Gasteiger partial charge < -0.3 is 19.2 Å². The SMILES string of the molecule is Cc1nc2c(o1)CN(C(=O)c1c3c(c[nH]c1=O)CN(C(=O)Cc1cccs1)CC3)CC2. The van der Waals surface area contributed by atoms with Crippen LogP contribution < -0.4 is 5.56 Å². The molecule has 31 heavy (non-hydrogen) atoms. The summed E-state index contributed by atoms with van der Waals surface area (Å²) >= 11 is 1.56. The second-order valence-electron chi connectivity index (χ2n) is 7.90. The Labute approximate surface area is 182 Å². The molecule has 3 aromatic heterocycles. The van der Waals surface area contributed by atoms with E-state index in [9.17, 15) is 14.4 Å². The van der Waals surface area contributed by atoms with Gasteiger partial charge >= 0.3 is 0 Å². The lowest BCUT2D eigenvalue weighted by molar-refractivity contribution is -0.131. The van der Waals surface area contributed by atoms with Crippen LogP contribution in [0.25, 0.3) is 0 Å². The number of rotatable bonds is 3. The molecule has 9 heteroatoms. The lowest BCUT2D eigenvalue weighted by Gasteiger charge is -2.31. The molecular weight excluding hydrogens is 416 g/mol. The topological polar surface area (TPSA) is 99.5 Å². The fourth-order valence-corrected chi connectivity index (χ4v) is 5.03. The summed E-state index contributed by atoms with van der Waals surface area (Å²) in [4.78, 5) is 50.1. The molecule has 0 unspecified atom stereocenters. The van der Waals surface area contributed by atoms with E-state index in [0.717, 1.165) is 21.7 Å². The molecule has 0 saturated carbocycles. The van der Waals surface area contributed by atoms with Gasteiger partial charge in [0.15, 0.2) is 5.89 Å². The van der Waals surface area contributed by atoms with Crippen LogP contribution in [0.5, 0.6) is 0 Å². The molecule has 0 atom stereocenters. The minimum atomic E-state index is -0.387. The molecule has 0 saturated heterocycles. The number of aryl methyl sites for hydroxylation is 1. The molecule has 3 aromatic rings. The number of carbonyl (C=O) groups excluding carboxylic acids is 2. The van der Waals surface area contributed by atoms with E-state index in [1.54, 1.807) is 34.3 Å². The van der Waals surface area contributed by atoms with Crippen molar-refractivity contribution in [3.8, 4) is 0 Å². The monoisotopic (exact) mass is 438 g/mol. The smallest absolute Gasteiger partial charge is 0.261 e. The van der Waals surface area contributed by atoms with Crippen LogP contribution in [0.2, 0.25) is 0 Å². The number of thiophene rings is 1. The summed E-state index contributed by atoms with van der Waals surface area (Å²) in [6, 6.07) is 3.89. The average Bonchev–Trinajstić information content (AvgIpc) is 3.40. The molecule has 0 aliphatic carbocycles. The number of aromatic nitrogens is 2. The Hall–Kier alpha value is -3.20. The number of aromatic amines is 1. The highest BCUT2D eigenvalue weighted by molar-refractivity contribution is 7.10. The number of fused-ring (bicyclic) bond motifs is 2. The number of oxazole rings is 1. The van der Waals surface area contributed by atoms with E-state index in [1.807, 2.05) is 17.5 Å². The van der Waals surface area contributed by atoms with Gasteiger partial charge in [0.25, 0.3) is 11.5 Å². The third kappa shape index (κ3) is 3.69. The number of H-pyrrole nitrogens is 1. The first-order valence-corrected chi connectivity index (χ1v) is 11.2. The van der Waals surface area contributed by atoms with Crippen molar-refractivity contribution in [3.63, 3.8) is 0 Å². The summed E-state index contributed by atoms with van der Waals surface area (Å²) in [5, 5.41) is 1.96. The maximum Gasteiger partial charge on any atom is 0.261 e. The summed E-state index contributed by atoms with van der Waals surface area (Å²) in [6.07, 6.45) is 3.09. The first-order valence-electron chi connectivity index (χ1n) is 10.3. The minimum Gasteiger partial charge on any atom is -0.444 e. The fraction of sp³-hybridized carbons (Fsp3) is 0.364. The van der Waals surface area contributed by atoms with E-state index in [1.165, 1.54) is 0 Å². The normalized spacial score (nSPS) is 15.5. The molecule has 1 N–H and O–H groups in total. The van der Waals surface area contributed by atoms with Crippen LogP contribution in [0.4, 0.5) is 0 Å². The average molecular weight is 439 g/mol. The quantitative estimate of drug-likeness (QED) is 0.675. The number of carbonyl (C=O) groups is 2. The number of hydrogen-bond acceptors (Lipinski definition) is 6. The van der Waals surface area contributed by atoms with E-state index in [4.69, 9.17) is 4.42 Å². The summed E-state index contributed by atoms with van der Waals surface area (Å²) in [5.74, 6) is 1.03. The second-order valence-corrected chi connectivity index (χ2v) is 8.93. The molecular formula is C22H22N4O4S. The summed E-state index contributed by atoms with van der Waals surface area (Å²) in [6.45, 7) is 3.47. The number of pyridine rings is 1. The zero-order valence-electron chi connectivity index (χ0n) is 17.1. The van der Waals surface area contributed by atoms with Crippen LogP contribution in [-0.2, 0) is 37.1 Å². The van der Waals surface area contributed by atoms with Crippen LogP contribution in [0.3, 0.4) is 0 Å². The van der Waals surface area contributed by atoms with Crippen molar-refractivity contribution in [2.75, 3.05) is 13.1 Å². The summed E-state index contributed by atoms with van der Waals surface area (Å²) < 4.78 is 5.61. The molecule has 0 fully saturated rings. The van der Waals surface area contributed by atoms with Gasteiger partial charge in [0.05, 0.1) is 18.7 Å². The maximum atomic E-state index is 13.3. The molecule has 0 aromatic carbocycles. The van der Waals surface area contributed by atoms with Crippen molar-refractivity contribution in [2.45, 2.75) is 39.3 Å². The van der Waals surface area contributed by atoms with Crippen molar-refractivity contribution >= 4 is 23.2 Å². The number of nitrogens with zero attached hydrogens (tertiary/aromatic N) is 3. The third-order valence-corrected chi connectivity index (χ3v) is 6.76. The Bertz CT molecular complexity index is 1210. The summed E-state index contributed by atoms with van der Waals surface area (Å²) in [7, 11) is 0. The molecule has 2 aliphatic rings. The van der Waals surface area contributed by atoms with Crippen LogP contribution >= 0.6 is 11.3 Å². The molecule has 2 aliphatic heterocycles. The Morgan fingerprint density at radius 3 is 2.87 bits per heavy atom. The van der Waals surface area contributed by atoms with Crippen LogP contribution in [0, 0.1) is 6.92 Å². The van der Waals surface area contributed by atoms with Gasteiger partial charge in [0.1, 0.15) is 11.3 Å². The minimum absolute atomic E-state index is 0.0522. The molecule has 0 bridgehead atoms. The summed E-state index contributed by atoms with van der Waals surface area (Å²) in [5.41, 5.74) is 2.24. The van der Waals surface area contributed by atoms with Gasteiger partial charge in [-0.05, 0) is 29.0 Å². The van der Waals surface area contributed by atoms with Gasteiger partial charge in [-0.25, -0.2) is 4.98 Å². The van der Waals surface area contributed by atoms with E-state index >= 15 is 0 Å². The number of nitrogens with one attached hydrogen (secondary N) is 1. The first-order chi connectivity index (χ1) is 15.0. The predicted molar refractivity (Wildman–Crippen MR) is 114 cm³/mol. The standard InChI is InChI=1S/C22H22N4O4S/c1-13-24-17-5-7-26(12-18(17)30-13)22(29)20-16-4-6-25(11-14(16)10-23-21(20)28)19(27)9-15-3-2-8-31-15/h2-3,8,10H,4-7,9,11-12H2,1H3,(H,23,28). The van der Waals surface area contributed by atoms with E-state index in [0.29, 0.717) is 57.1 Å². The zero-order chi connectivity index (χ0) is 21.5. The molecule has 5 heterocycles. The van der Waals surface area contributed by atoms with Gasteiger partial charge in [0, 0.05) is 44.1 Å². The maximum absolute atomic E-state index is 13.3. The zero-order valence-corrected chi connectivity index (χ0v) is 18.0. The van der Waals surface area contributed by atoms with Crippen molar-refractivity contribution in [2.24, 2.45) is 0 Å². The predicted octanol–water partition coefficient (Wildman–Crippen LogP) is 2.06. The van der Waals surface area contributed by atoms with Crippen LogP contribution in [0.1, 0.15) is 43.7 Å². The lowest BCUT2D eigenvalue weighted by Crippen LogP contribution is -2.42. The largest absolute Gasteiger partial charge is 0.444 e. The van der Waals surface area contributed by atoms with Gasteiger partial charge in [-0.15, -0.1) is 11.3 Å². The Kier molecular flexibility index (Phi) is 4.97.